The standard InChI is InChI=1S/C10H24OSi/c1-7-11-12(5,6)10(4)8-9(2)3/h9-10H,7-8H2,1-6H3. The lowest BCUT2D eigenvalue weighted by molar-refractivity contribution is 0.315. The van der Waals surface area contributed by atoms with Gasteiger partial charge in [0.1, 0.15) is 0 Å². The molecule has 0 rings (SSSR count). The maximum Gasteiger partial charge on any atom is 0.189 e. The summed E-state index contributed by atoms with van der Waals surface area (Å²) in [6, 6.07) is 0. The fraction of sp³-hybridized carbons (Fsp3) is 1.00. The molecule has 0 radical (unpaired) electrons. The van der Waals surface area contributed by atoms with E-state index in [2.05, 4.69) is 40.8 Å². The Bertz CT molecular complexity index is 121. The zero-order chi connectivity index (χ0) is 9.78. The lowest BCUT2D eigenvalue weighted by atomic mass is 10.1. The Morgan fingerprint density at radius 1 is 1.17 bits per heavy atom. The highest BCUT2D eigenvalue weighted by atomic mass is 28.4. The van der Waals surface area contributed by atoms with Crippen LogP contribution in [0.1, 0.15) is 34.1 Å². The molecule has 0 aromatic heterocycles. The van der Waals surface area contributed by atoms with Crippen molar-refractivity contribution < 1.29 is 4.43 Å². The minimum Gasteiger partial charge on any atom is -0.417 e. The van der Waals surface area contributed by atoms with Gasteiger partial charge in [0.25, 0.3) is 0 Å². The Morgan fingerprint density at radius 3 is 2.00 bits per heavy atom. The Kier molecular flexibility index (Phi) is 5.10. The highest BCUT2D eigenvalue weighted by Gasteiger charge is 2.29. The predicted molar refractivity (Wildman–Crippen MR) is 58.0 cm³/mol. The third-order valence-electron chi connectivity index (χ3n) is 2.53. The average molecular weight is 188 g/mol. The van der Waals surface area contributed by atoms with Crippen molar-refractivity contribution in [2.75, 3.05) is 6.61 Å². The minimum absolute atomic E-state index is 0.775. The highest BCUT2D eigenvalue weighted by Crippen LogP contribution is 2.28. The third-order valence-corrected chi connectivity index (χ3v) is 6.17. The van der Waals surface area contributed by atoms with Crippen LogP contribution in [0.5, 0.6) is 0 Å². The first-order valence-corrected chi connectivity index (χ1v) is 8.02. The molecule has 0 aliphatic heterocycles. The van der Waals surface area contributed by atoms with Crippen LogP contribution in [0.15, 0.2) is 0 Å². The maximum absolute atomic E-state index is 5.83. The highest BCUT2D eigenvalue weighted by molar-refractivity contribution is 6.72. The van der Waals surface area contributed by atoms with Crippen LogP contribution in [-0.2, 0) is 4.43 Å². The van der Waals surface area contributed by atoms with Crippen LogP contribution >= 0.6 is 0 Å². The van der Waals surface area contributed by atoms with Crippen molar-refractivity contribution in [1.82, 2.24) is 0 Å². The Hall–Kier alpha value is 0.177. The molecule has 0 aromatic carbocycles. The summed E-state index contributed by atoms with van der Waals surface area (Å²) in [6.45, 7) is 14.5. The van der Waals surface area contributed by atoms with Gasteiger partial charge in [0.2, 0.25) is 0 Å². The Balaban J connectivity index is 3.96. The summed E-state index contributed by atoms with van der Waals surface area (Å²) in [5.41, 5.74) is 0.775. The van der Waals surface area contributed by atoms with E-state index in [9.17, 15) is 0 Å². The van der Waals surface area contributed by atoms with Gasteiger partial charge in [0.05, 0.1) is 0 Å². The zero-order valence-corrected chi connectivity index (χ0v) is 10.5. The summed E-state index contributed by atoms with van der Waals surface area (Å²) < 4.78 is 5.83. The first-order chi connectivity index (χ1) is 5.40. The zero-order valence-electron chi connectivity index (χ0n) is 9.48. The maximum atomic E-state index is 5.83. The van der Waals surface area contributed by atoms with Gasteiger partial charge in [-0.15, -0.1) is 0 Å². The first kappa shape index (κ1) is 12.2. The second-order valence-corrected chi connectivity index (χ2v) is 9.05. The minimum atomic E-state index is -1.37. The van der Waals surface area contributed by atoms with Gasteiger partial charge >= 0.3 is 0 Å². The molecule has 0 amide bonds. The summed E-state index contributed by atoms with van der Waals surface area (Å²) in [4.78, 5) is 0. The van der Waals surface area contributed by atoms with Gasteiger partial charge in [-0.1, -0.05) is 20.8 Å². The molecule has 1 unspecified atom stereocenters. The number of hydrogen-bond acceptors (Lipinski definition) is 1. The molecule has 0 N–H and O–H groups in total. The van der Waals surface area contributed by atoms with Gasteiger partial charge < -0.3 is 4.43 Å². The summed E-state index contributed by atoms with van der Waals surface area (Å²) in [7, 11) is -1.37. The van der Waals surface area contributed by atoms with Gasteiger partial charge in [-0.3, -0.25) is 0 Å². The van der Waals surface area contributed by atoms with Crippen molar-refractivity contribution in [1.29, 1.82) is 0 Å². The van der Waals surface area contributed by atoms with Crippen LogP contribution in [0, 0.1) is 5.92 Å². The Labute approximate surface area is 78.6 Å². The van der Waals surface area contributed by atoms with Crippen molar-refractivity contribution in [3.05, 3.63) is 0 Å². The summed E-state index contributed by atoms with van der Waals surface area (Å²) in [5, 5.41) is 0. The van der Waals surface area contributed by atoms with Crippen molar-refractivity contribution in [2.45, 2.75) is 52.8 Å². The van der Waals surface area contributed by atoms with E-state index < -0.39 is 8.32 Å². The number of hydrogen-bond donors (Lipinski definition) is 0. The fourth-order valence-electron chi connectivity index (χ4n) is 1.51. The van der Waals surface area contributed by atoms with E-state index in [4.69, 9.17) is 4.43 Å². The summed E-state index contributed by atoms with van der Waals surface area (Å²) in [5.74, 6) is 0.798. The second kappa shape index (κ2) is 5.03. The molecule has 12 heavy (non-hydrogen) atoms. The Morgan fingerprint density at radius 2 is 1.67 bits per heavy atom. The topological polar surface area (TPSA) is 9.23 Å². The van der Waals surface area contributed by atoms with Crippen LogP contribution in [0.3, 0.4) is 0 Å². The van der Waals surface area contributed by atoms with E-state index in [0.717, 1.165) is 18.1 Å². The smallest absolute Gasteiger partial charge is 0.189 e. The summed E-state index contributed by atoms with van der Waals surface area (Å²) in [6.07, 6.45) is 1.30. The molecule has 0 heterocycles. The molecule has 0 saturated heterocycles. The van der Waals surface area contributed by atoms with Gasteiger partial charge in [-0.05, 0) is 37.9 Å². The molecule has 0 fully saturated rings. The molecule has 0 bridgehead atoms. The van der Waals surface area contributed by atoms with Crippen LogP contribution in [0.4, 0.5) is 0 Å². The van der Waals surface area contributed by atoms with Crippen molar-refractivity contribution in [3.8, 4) is 0 Å². The van der Waals surface area contributed by atoms with E-state index in [1.165, 1.54) is 6.42 Å². The van der Waals surface area contributed by atoms with Crippen LogP contribution in [-0.4, -0.2) is 14.9 Å². The van der Waals surface area contributed by atoms with Crippen LogP contribution < -0.4 is 0 Å². The van der Waals surface area contributed by atoms with Crippen molar-refractivity contribution >= 4 is 8.32 Å². The predicted octanol–water partition coefficient (Wildman–Crippen LogP) is 3.66. The molecule has 0 aliphatic rings. The van der Waals surface area contributed by atoms with Gasteiger partial charge in [-0.2, -0.15) is 0 Å². The molecule has 74 valence electrons. The fourth-order valence-corrected chi connectivity index (χ4v) is 3.57. The monoisotopic (exact) mass is 188 g/mol. The van der Waals surface area contributed by atoms with E-state index in [0.29, 0.717) is 0 Å². The quantitative estimate of drug-likeness (QED) is 0.598. The van der Waals surface area contributed by atoms with Crippen molar-refractivity contribution in [2.24, 2.45) is 5.92 Å². The van der Waals surface area contributed by atoms with E-state index in [1.807, 2.05) is 0 Å². The normalized spacial score (nSPS) is 15.2. The third kappa shape index (κ3) is 4.26. The molecule has 0 spiro atoms. The van der Waals surface area contributed by atoms with Gasteiger partial charge in [0.15, 0.2) is 8.32 Å². The number of rotatable bonds is 5. The molecule has 1 nitrogen and oxygen atoms in total. The first-order valence-electron chi connectivity index (χ1n) is 5.04. The lowest BCUT2D eigenvalue weighted by Crippen LogP contribution is -2.35. The average Bonchev–Trinajstić information content (AvgIpc) is 1.85. The molecular formula is C10H24OSi. The van der Waals surface area contributed by atoms with Crippen molar-refractivity contribution in [3.63, 3.8) is 0 Å². The lowest BCUT2D eigenvalue weighted by Gasteiger charge is -2.30. The van der Waals surface area contributed by atoms with Crippen LogP contribution in [0.25, 0.3) is 0 Å². The summed E-state index contributed by atoms with van der Waals surface area (Å²) >= 11 is 0. The van der Waals surface area contributed by atoms with Gasteiger partial charge in [-0.25, -0.2) is 0 Å². The molecular weight excluding hydrogens is 164 g/mol. The van der Waals surface area contributed by atoms with Crippen LogP contribution in [0.2, 0.25) is 18.6 Å². The van der Waals surface area contributed by atoms with E-state index >= 15 is 0 Å². The van der Waals surface area contributed by atoms with E-state index in [-0.39, 0.29) is 0 Å². The SMILES string of the molecule is CCO[Si](C)(C)C(C)CC(C)C. The van der Waals surface area contributed by atoms with Gasteiger partial charge in [0, 0.05) is 6.61 Å². The molecule has 1 atom stereocenters. The molecule has 0 aromatic rings. The molecule has 0 aliphatic carbocycles. The van der Waals surface area contributed by atoms with E-state index in [1.54, 1.807) is 0 Å². The largest absolute Gasteiger partial charge is 0.417 e. The second-order valence-electron chi connectivity index (χ2n) is 4.57. The molecule has 0 saturated carbocycles. The molecule has 2 heteroatoms.